The minimum Gasteiger partial charge on any atom is -0.491 e. The van der Waals surface area contributed by atoms with Crippen molar-refractivity contribution in [2.75, 3.05) is 11.9 Å². The first-order valence-electron chi connectivity index (χ1n) is 7.57. The third-order valence-electron chi connectivity index (χ3n) is 3.46. The summed E-state index contributed by atoms with van der Waals surface area (Å²) in [5, 5.41) is 11.9. The van der Waals surface area contributed by atoms with Crippen LogP contribution in [-0.4, -0.2) is 17.6 Å². The van der Waals surface area contributed by atoms with Crippen molar-refractivity contribution < 1.29 is 23.4 Å². The van der Waals surface area contributed by atoms with Crippen LogP contribution in [0.4, 0.5) is 14.5 Å². The molecule has 1 amide bonds. The van der Waals surface area contributed by atoms with Gasteiger partial charge in [-0.25, -0.2) is 8.78 Å². The minimum atomic E-state index is -0.768. The summed E-state index contributed by atoms with van der Waals surface area (Å²) in [6.45, 7) is 1.91. The largest absolute Gasteiger partial charge is 0.491 e. The van der Waals surface area contributed by atoms with E-state index in [0.717, 1.165) is 17.7 Å². The molecule has 0 unspecified atom stereocenters. The Morgan fingerprint density at radius 3 is 2.71 bits per heavy atom. The van der Waals surface area contributed by atoms with E-state index in [9.17, 15) is 13.6 Å². The smallest absolute Gasteiger partial charge is 0.224 e. The van der Waals surface area contributed by atoms with Gasteiger partial charge >= 0.3 is 0 Å². The fourth-order valence-corrected chi connectivity index (χ4v) is 2.12. The Hall–Kier alpha value is -2.47. The number of anilines is 1. The third-order valence-corrected chi connectivity index (χ3v) is 3.46. The van der Waals surface area contributed by atoms with Gasteiger partial charge in [-0.05, 0) is 42.7 Å². The number of aliphatic hydroxyl groups excluding tert-OH is 1. The number of hydrogen-bond donors (Lipinski definition) is 2. The number of benzene rings is 2. The zero-order valence-electron chi connectivity index (χ0n) is 13.3. The highest BCUT2D eigenvalue weighted by molar-refractivity contribution is 5.91. The Bertz CT molecular complexity index is 719. The van der Waals surface area contributed by atoms with Gasteiger partial charge < -0.3 is 15.2 Å². The summed E-state index contributed by atoms with van der Waals surface area (Å²) in [5.41, 5.74) is 2.26. The highest BCUT2D eigenvalue weighted by atomic mass is 19.1. The van der Waals surface area contributed by atoms with Crippen LogP contribution < -0.4 is 10.1 Å². The number of halogens is 2. The van der Waals surface area contributed by atoms with Gasteiger partial charge in [0.15, 0.2) is 11.6 Å². The third kappa shape index (κ3) is 5.03. The average Bonchev–Trinajstić information content (AvgIpc) is 2.55. The highest BCUT2D eigenvalue weighted by Crippen LogP contribution is 2.19. The van der Waals surface area contributed by atoms with Crippen molar-refractivity contribution in [3.63, 3.8) is 0 Å². The molecule has 24 heavy (non-hydrogen) atoms. The monoisotopic (exact) mass is 335 g/mol. The molecule has 0 aliphatic carbocycles. The van der Waals surface area contributed by atoms with Crippen molar-refractivity contribution in [1.82, 2.24) is 0 Å². The fraction of sp³-hybridized carbons (Fsp3) is 0.278. The van der Waals surface area contributed by atoms with Crippen LogP contribution in [-0.2, 0) is 11.4 Å². The zero-order valence-corrected chi connectivity index (χ0v) is 13.3. The molecule has 6 heteroatoms. The number of amides is 1. The molecule has 0 aliphatic heterocycles. The maximum absolute atomic E-state index is 13.4. The van der Waals surface area contributed by atoms with Crippen molar-refractivity contribution >= 4 is 11.6 Å². The Balaban J connectivity index is 1.79. The molecule has 128 valence electrons. The van der Waals surface area contributed by atoms with E-state index in [-0.39, 0.29) is 31.3 Å². The van der Waals surface area contributed by atoms with Crippen molar-refractivity contribution in [1.29, 1.82) is 0 Å². The maximum atomic E-state index is 13.4. The van der Waals surface area contributed by atoms with Crippen LogP contribution in [0.2, 0.25) is 0 Å². The molecule has 0 aliphatic rings. The lowest BCUT2D eigenvalue weighted by Crippen LogP contribution is -2.14. The van der Waals surface area contributed by atoms with Crippen LogP contribution >= 0.6 is 0 Å². The number of hydrogen-bond acceptors (Lipinski definition) is 3. The predicted molar refractivity (Wildman–Crippen MR) is 86.8 cm³/mol. The van der Waals surface area contributed by atoms with E-state index in [1.54, 1.807) is 12.1 Å². The van der Waals surface area contributed by atoms with E-state index >= 15 is 0 Å². The Labute approximate surface area is 139 Å². The van der Waals surface area contributed by atoms with Crippen LogP contribution in [0.5, 0.6) is 5.75 Å². The lowest BCUT2D eigenvalue weighted by atomic mass is 10.1. The van der Waals surface area contributed by atoms with Gasteiger partial charge in [0.05, 0.1) is 13.2 Å². The lowest BCUT2D eigenvalue weighted by Gasteiger charge is -2.10. The molecule has 0 fully saturated rings. The molecule has 0 saturated carbocycles. The molecule has 0 heterocycles. The predicted octanol–water partition coefficient (Wildman–Crippen LogP) is 3.56. The van der Waals surface area contributed by atoms with Gasteiger partial charge in [-0.2, -0.15) is 0 Å². The Morgan fingerprint density at radius 1 is 1.21 bits per heavy atom. The quantitative estimate of drug-likeness (QED) is 0.761. The van der Waals surface area contributed by atoms with Gasteiger partial charge in [-0.3, -0.25) is 4.79 Å². The number of aryl methyl sites for hydroxylation is 1. The standard InChI is InChI=1S/C18H19F2NO3/c1-12-4-5-13(11-22)9-16(12)21-18(23)3-2-8-24-17-7-6-14(19)10-15(17)20/h4-7,9-10,22H,2-3,8,11H2,1H3,(H,21,23). The first kappa shape index (κ1) is 17.9. The molecule has 2 N–H and O–H groups in total. The van der Waals surface area contributed by atoms with E-state index in [1.165, 1.54) is 6.07 Å². The molecule has 4 nitrogen and oxygen atoms in total. The molecule has 0 radical (unpaired) electrons. The first-order valence-corrected chi connectivity index (χ1v) is 7.57. The van der Waals surface area contributed by atoms with E-state index in [4.69, 9.17) is 9.84 Å². The number of carbonyl (C=O) groups is 1. The maximum Gasteiger partial charge on any atom is 0.224 e. The summed E-state index contributed by atoms with van der Waals surface area (Å²) >= 11 is 0. The average molecular weight is 335 g/mol. The molecular weight excluding hydrogens is 316 g/mol. The SMILES string of the molecule is Cc1ccc(CO)cc1NC(=O)CCCOc1ccc(F)cc1F. The van der Waals surface area contributed by atoms with Crippen molar-refractivity contribution in [3.05, 3.63) is 59.2 Å². The second-order valence-corrected chi connectivity index (χ2v) is 5.38. The van der Waals surface area contributed by atoms with Gasteiger partial charge in [0.2, 0.25) is 5.91 Å². The van der Waals surface area contributed by atoms with Crippen LogP contribution in [0.1, 0.15) is 24.0 Å². The van der Waals surface area contributed by atoms with Gasteiger partial charge in [-0.15, -0.1) is 0 Å². The summed E-state index contributed by atoms with van der Waals surface area (Å²) < 4.78 is 31.3. The molecule has 2 rings (SSSR count). The molecule has 2 aromatic rings. The fourth-order valence-electron chi connectivity index (χ4n) is 2.12. The molecule has 0 atom stereocenters. The van der Waals surface area contributed by atoms with E-state index in [2.05, 4.69) is 5.32 Å². The zero-order chi connectivity index (χ0) is 17.5. The first-order chi connectivity index (χ1) is 11.5. The molecule has 0 spiro atoms. The van der Waals surface area contributed by atoms with Gasteiger partial charge in [0.25, 0.3) is 0 Å². The number of carbonyl (C=O) groups excluding carboxylic acids is 1. The Kier molecular flexibility index (Phi) is 6.26. The normalized spacial score (nSPS) is 10.5. The summed E-state index contributed by atoms with van der Waals surface area (Å²) in [7, 11) is 0. The second kappa shape index (κ2) is 8.40. The van der Waals surface area contributed by atoms with Crippen LogP contribution in [0.25, 0.3) is 0 Å². The topological polar surface area (TPSA) is 58.6 Å². The van der Waals surface area contributed by atoms with Crippen LogP contribution in [0, 0.1) is 18.6 Å². The summed E-state index contributed by atoms with van der Waals surface area (Å²) in [4.78, 5) is 11.9. The van der Waals surface area contributed by atoms with E-state index in [0.29, 0.717) is 17.7 Å². The number of aliphatic hydroxyl groups is 1. The molecule has 0 saturated heterocycles. The van der Waals surface area contributed by atoms with Crippen LogP contribution in [0.3, 0.4) is 0 Å². The lowest BCUT2D eigenvalue weighted by molar-refractivity contribution is -0.116. The molecule has 2 aromatic carbocycles. The van der Waals surface area contributed by atoms with Crippen molar-refractivity contribution in [2.45, 2.75) is 26.4 Å². The van der Waals surface area contributed by atoms with Gasteiger partial charge in [0.1, 0.15) is 5.82 Å². The Morgan fingerprint density at radius 2 is 2.00 bits per heavy atom. The van der Waals surface area contributed by atoms with Gasteiger partial charge in [-0.1, -0.05) is 12.1 Å². The molecule has 0 aromatic heterocycles. The highest BCUT2D eigenvalue weighted by Gasteiger charge is 2.08. The summed E-state index contributed by atoms with van der Waals surface area (Å²) in [6.07, 6.45) is 0.590. The summed E-state index contributed by atoms with van der Waals surface area (Å²) in [6, 6.07) is 8.41. The molecular formula is C18H19F2NO3. The number of ether oxygens (including phenoxy) is 1. The van der Waals surface area contributed by atoms with Gasteiger partial charge in [0, 0.05) is 18.2 Å². The van der Waals surface area contributed by atoms with Crippen molar-refractivity contribution in [2.24, 2.45) is 0 Å². The second-order valence-electron chi connectivity index (χ2n) is 5.38. The minimum absolute atomic E-state index is 0.0386. The number of rotatable bonds is 7. The van der Waals surface area contributed by atoms with E-state index < -0.39 is 11.6 Å². The van der Waals surface area contributed by atoms with Crippen LogP contribution in [0.15, 0.2) is 36.4 Å². The number of nitrogens with one attached hydrogen (secondary N) is 1. The molecule has 0 bridgehead atoms. The van der Waals surface area contributed by atoms with Crippen molar-refractivity contribution in [3.8, 4) is 5.75 Å². The summed E-state index contributed by atoms with van der Waals surface area (Å²) in [5.74, 6) is -1.67. The van der Waals surface area contributed by atoms with E-state index in [1.807, 2.05) is 13.0 Å².